The number of benzene rings is 2. The monoisotopic (exact) mass is 351 g/mol. The standard InChI is InChI=1S/2C7H7.C6H7.Zr/c2*1-7-5-3-2-4-6-7;1-6-4-2-3-5-6;/h2*2-6H,1H2;2,4H,3H2,1H3;/q3*-1;+3. The molecule has 1 radical (unpaired) electrons. The molecule has 1 heteroatoms. The summed E-state index contributed by atoms with van der Waals surface area (Å²) < 4.78 is 0. The number of hydrogen-bond acceptors (Lipinski definition) is 0. The van der Waals surface area contributed by atoms with Crippen molar-refractivity contribution in [3.05, 3.63) is 109 Å². The van der Waals surface area contributed by atoms with Crippen molar-refractivity contribution >= 4 is 0 Å². The zero-order chi connectivity index (χ0) is 14.6. The second-order valence-corrected chi connectivity index (χ2v) is 4.44. The van der Waals surface area contributed by atoms with Crippen LogP contribution in [0.4, 0.5) is 0 Å². The maximum Gasteiger partial charge on any atom is 3.00 e. The third-order valence-electron chi connectivity index (χ3n) is 2.55. The molecule has 0 aromatic heterocycles. The molecular weight excluding hydrogens is 331 g/mol. The third-order valence-corrected chi connectivity index (χ3v) is 2.55. The van der Waals surface area contributed by atoms with Crippen molar-refractivity contribution in [2.75, 3.05) is 0 Å². The van der Waals surface area contributed by atoms with Crippen LogP contribution in [-0.4, -0.2) is 0 Å². The molecule has 0 N–H and O–H groups in total. The van der Waals surface area contributed by atoms with Gasteiger partial charge in [0.1, 0.15) is 0 Å². The van der Waals surface area contributed by atoms with Crippen LogP contribution in [0.1, 0.15) is 24.5 Å². The summed E-state index contributed by atoms with van der Waals surface area (Å²) in [5.74, 6) is 0. The zero-order valence-electron chi connectivity index (χ0n) is 12.5. The minimum Gasteiger partial charge on any atom is -0.270 e. The van der Waals surface area contributed by atoms with Crippen molar-refractivity contribution in [1.82, 2.24) is 0 Å². The summed E-state index contributed by atoms with van der Waals surface area (Å²) in [7, 11) is 0. The van der Waals surface area contributed by atoms with E-state index in [2.05, 4.69) is 39.0 Å². The Hall–Kier alpha value is -1.46. The van der Waals surface area contributed by atoms with Crippen LogP contribution in [0.2, 0.25) is 0 Å². The topological polar surface area (TPSA) is 0 Å². The van der Waals surface area contributed by atoms with Crippen molar-refractivity contribution in [3.63, 3.8) is 0 Å². The Morgan fingerprint density at radius 3 is 1.38 bits per heavy atom. The smallest absolute Gasteiger partial charge is 0.270 e. The van der Waals surface area contributed by atoms with Gasteiger partial charge in [-0.3, -0.25) is 6.08 Å². The van der Waals surface area contributed by atoms with Crippen LogP contribution in [0, 0.1) is 19.9 Å². The van der Waals surface area contributed by atoms with E-state index in [9.17, 15) is 0 Å². The van der Waals surface area contributed by atoms with E-state index in [-0.39, 0.29) is 26.2 Å². The van der Waals surface area contributed by atoms with Gasteiger partial charge in [-0.15, -0.1) is 30.7 Å². The summed E-state index contributed by atoms with van der Waals surface area (Å²) in [5.41, 5.74) is 3.42. The van der Waals surface area contributed by atoms with E-state index in [1.165, 1.54) is 5.57 Å². The number of hydrogen-bond donors (Lipinski definition) is 0. The molecule has 21 heavy (non-hydrogen) atoms. The molecule has 0 amide bonds. The summed E-state index contributed by atoms with van der Waals surface area (Å²) in [4.78, 5) is 0. The van der Waals surface area contributed by atoms with Crippen LogP contribution in [0.25, 0.3) is 0 Å². The second kappa shape index (κ2) is 12.3. The Balaban J connectivity index is 0.000000280. The fourth-order valence-corrected chi connectivity index (χ4v) is 1.47. The first-order valence-corrected chi connectivity index (χ1v) is 6.66. The Bertz CT molecular complexity index is 484. The molecule has 0 bridgehead atoms. The van der Waals surface area contributed by atoms with E-state index < -0.39 is 0 Å². The molecule has 0 saturated carbocycles. The Kier molecular flexibility index (Phi) is 11.4. The van der Waals surface area contributed by atoms with Crippen molar-refractivity contribution in [3.8, 4) is 0 Å². The first-order chi connectivity index (χ1) is 9.68. The minimum absolute atomic E-state index is 0. The number of rotatable bonds is 0. The molecule has 0 nitrogen and oxygen atoms in total. The Morgan fingerprint density at radius 1 is 0.810 bits per heavy atom. The molecule has 0 aliphatic heterocycles. The Morgan fingerprint density at radius 2 is 1.24 bits per heavy atom. The van der Waals surface area contributed by atoms with Crippen LogP contribution in [-0.2, 0) is 26.2 Å². The van der Waals surface area contributed by atoms with E-state index in [1.807, 2.05) is 60.7 Å². The van der Waals surface area contributed by atoms with Crippen LogP contribution in [0.5, 0.6) is 0 Å². The fraction of sp³-hybridized carbons (Fsp3) is 0.100. The predicted molar refractivity (Wildman–Crippen MR) is 88.0 cm³/mol. The molecule has 1 aliphatic carbocycles. The van der Waals surface area contributed by atoms with Crippen molar-refractivity contribution in [1.29, 1.82) is 0 Å². The van der Waals surface area contributed by atoms with Gasteiger partial charge < -0.3 is 0 Å². The van der Waals surface area contributed by atoms with Crippen molar-refractivity contribution < 1.29 is 26.2 Å². The number of allylic oxidation sites excluding steroid dienone is 4. The molecule has 0 heterocycles. The molecular formula is C20H21Zr. The quantitative estimate of drug-likeness (QED) is 0.555. The molecule has 2 aromatic rings. The summed E-state index contributed by atoms with van der Waals surface area (Å²) >= 11 is 0. The Labute approximate surface area is 148 Å². The SMILES string of the molecule is CC1=[C-]CC=C1.[CH2-]c1ccccc1.[CH2-]c1ccccc1.[Zr+3]. The molecule has 1 aliphatic rings. The largest absolute Gasteiger partial charge is 3.00 e. The van der Waals surface area contributed by atoms with Gasteiger partial charge in [-0.25, -0.2) is 11.6 Å². The first kappa shape index (κ1) is 19.5. The average Bonchev–Trinajstić information content (AvgIpc) is 2.93. The molecule has 0 unspecified atom stereocenters. The van der Waals surface area contributed by atoms with E-state index in [0.717, 1.165) is 17.5 Å². The summed E-state index contributed by atoms with van der Waals surface area (Å²) in [6.07, 6.45) is 8.33. The van der Waals surface area contributed by atoms with Gasteiger partial charge in [0, 0.05) is 0 Å². The predicted octanol–water partition coefficient (Wildman–Crippen LogP) is 5.43. The van der Waals surface area contributed by atoms with Gasteiger partial charge in [-0.05, 0) is 0 Å². The summed E-state index contributed by atoms with van der Waals surface area (Å²) in [6, 6.07) is 19.7. The van der Waals surface area contributed by atoms with Gasteiger partial charge in [0.2, 0.25) is 0 Å². The van der Waals surface area contributed by atoms with Gasteiger partial charge >= 0.3 is 26.2 Å². The van der Waals surface area contributed by atoms with Crippen molar-refractivity contribution in [2.45, 2.75) is 13.3 Å². The average molecular weight is 353 g/mol. The second-order valence-electron chi connectivity index (χ2n) is 4.44. The first-order valence-electron chi connectivity index (χ1n) is 6.66. The van der Waals surface area contributed by atoms with Gasteiger partial charge in [-0.1, -0.05) is 19.1 Å². The van der Waals surface area contributed by atoms with Crippen LogP contribution in [0.3, 0.4) is 0 Å². The molecule has 0 fully saturated rings. The van der Waals surface area contributed by atoms with Gasteiger partial charge in [0.05, 0.1) is 0 Å². The third kappa shape index (κ3) is 10.9. The fourth-order valence-electron chi connectivity index (χ4n) is 1.47. The molecule has 0 spiro atoms. The normalized spacial score (nSPS) is 11.0. The van der Waals surface area contributed by atoms with Gasteiger partial charge in [0.25, 0.3) is 0 Å². The van der Waals surface area contributed by atoms with E-state index in [4.69, 9.17) is 0 Å². The minimum atomic E-state index is 0. The van der Waals surface area contributed by atoms with Gasteiger partial charge in [0.15, 0.2) is 0 Å². The van der Waals surface area contributed by atoms with E-state index in [1.54, 1.807) is 0 Å². The molecule has 2 aromatic carbocycles. The zero-order valence-corrected chi connectivity index (χ0v) is 15.0. The van der Waals surface area contributed by atoms with Gasteiger partial charge in [-0.2, -0.15) is 55.3 Å². The summed E-state index contributed by atoms with van der Waals surface area (Å²) in [6.45, 7) is 9.50. The molecule has 0 saturated heterocycles. The maximum absolute atomic E-state index is 3.72. The molecule has 105 valence electrons. The summed E-state index contributed by atoms with van der Waals surface area (Å²) in [5, 5.41) is 0. The maximum atomic E-state index is 3.72. The van der Waals surface area contributed by atoms with Crippen LogP contribution in [0.15, 0.2) is 78.4 Å². The van der Waals surface area contributed by atoms with E-state index in [0.29, 0.717) is 0 Å². The van der Waals surface area contributed by atoms with Crippen LogP contribution < -0.4 is 0 Å². The molecule has 3 rings (SSSR count). The van der Waals surface area contributed by atoms with E-state index >= 15 is 0 Å². The van der Waals surface area contributed by atoms with Crippen molar-refractivity contribution in [2.24, 2.45) is 0 Å². The molecule has 0 atom stereocenters. The van der Waals surface area contributed by atoms with Crippen LogP contribution >= 0.6 is 0 Å².